The molecule has 1 aliphatic heterocycles. The number of Topliss-reactive ketones (excluding diaryl/α,β-unsaturated/α-hetero) is 1. The highest BCUT2D eigenvalue weighted by molar-refractivity contribution is 5.93. The molecular weight excluding hydrogens is 304 g/mol. The predicted molar refractivity (Wildman–Crippen MR) is 71.7 cm³/mol. The van der Waals surface area contributed by atoms with Gasteiger partial charge >= 0.3 is 6.18 Å². The zero-order valence-corrected chi connectivity index (χ0v) is 12.2. The summed E-state index contributed by atoms with van der Waals surface area (Å²) in [5.41, 5.74) is -3.69. The molecule has 0 spiro atoms. The lowest BCUT2D eigenvalue weighted by molar-refractivity contribution is -0.144. The van der Waals surface area contributed by atoms with Crippen molar-refractivity contribution in [2.24, 2.45) is 0 Å². The number of hydrogen-bond donors (Lipinski definition) is 0. The molecule has 1 aromatic heterocycles. The molecule has 2 rings (SSSR count). The molecule has 0 saturated carbocycles. The molecule has 2 heterocycles. The predicted octanol–water partition coefficient (Wildman–Crippen LogP) is 2.11. The van der Waals surface area contributed by atoms with Gasteiger partial charge in [0, 0.05) is 26.2 Å². The van der Waals surface area contributed by atoms with E-state index in [1.807, 2.05) is 0 Å². The van der Waals surface area contributed by atoms with Crippen LogP contribution in [0.2, 0.25) is 0 Å². The van der Waals surface area contributed by atoms with Gasteiger partial charge in [0.1, 0.15) is 11.4 Å². The number of carbonyl (C=O) groups is 1. The second-order valence-corrected chi connectivity index (χ2v) is 5.77. The lowest BCUT2D eigenvalue weighted by Crippen LogP contribution is -2.57. The van der Waals surface area contributed by atoms with Gasteiger partial charge in [0.15, 0.2) is 5.78 Å². The second-order valence-electron chi connectivity index (χ2n) is 5.77. The number of rotatable bonds is 4. The standard InChI is InChI=1S/C14H16F4N2O2/c1-9(21)10-3-4-11(14(16,17)18)20(12(10)22)6-5-19-7-13(2,15)8-19/h3-4H,5-8H2,1-2H3. The quantitative estimate of drug-likeness (QED) is 0.630. The summed E-state index contributed by atoms with van der Waals surface area (Å²) in [6.45, 7) is 2.64. The zero-order valence-electron chi connectivity index (χ0n) is 12.2. The van der Waals surface area contributed by atoms with Gasteiger partial charge in [-0.1, -0.05) is 0 Å². The molecular formula is C14H16F4N2O2. The van der Waals surface area contributed by atoms with Crippen molar-refractivity contribution < 1.29 is 22.4 Å². The molecule has 122 valence electrons. The monoisotopic (exact) mass is 320 g/mol. The van der Waals surface area contributed by atoms with Crippen LogP contribution in [-0.4, -0.2) is 40.6 Å². The highest BCUT2D eigenvalue weighted by atomic mass is 19.4. The van der Waals surface area contributed by atoms with Gasteiger partial charge < -0.3 is 4.57 Å². The molecule has 1 aromatic rings. The summed E-state index contributed by atoms with van der Waals surface area (Å²) >= 11 is 0. The summed E-state index contributed by atoms with van der Waals surface area (Å²) in [7, 11) is 0. The summed E-state index contributed by atoms with van der Waals surface area (Å²) in [6, 6.07) is 1.62. The van der Waals surface area contributed by atoms with E-state index in [2.05, 4.69) is 0 Å². The Kier molecular flexibility index (Phi) is 4.16. The maximum Gasteiger partial charge on any atom is 0.431 e. The number of ketones is 1. The Morgan fingerprint density at radius 2 is 1.86 bits per heavy atom. The third-order valence-electron chi connectivity index (χ3n) is 3.59. The van der Waals surface area contributed by atoms with E-state index in [9.17, 15) is 27.2 Å². The normalized spacial score (nSPS) is 18.1. The molecule has 4 nitrogen and oxygen atoms in total. The van der Waals surface area contributed by atoms with Gasteiger partial charge in [-0.3, -0.25) is 14.5 Å². The van der Waals surface area contributed by atoms with E-state index in [4.69, 9.17) is 0 Å². The first kappa shape index (κ1) is 16.7. The van der Waals surface area contributed by atoms with Crippen molar-refractivity contribution in [2.45, 2.75) is 32.2 Å². The highest BCUT2D eigenvalue weighted by Gasteiger charge is 2.39. The molecule has 1 saturated heterocycles. The average molecular weight is 320 g/mol. The first-order valence-electron chi connectivity index (χ1n) is 6.74. The Balaban J connectivity index is 2.28. The minimum Gasteiger partial charge on any atom is -0.303 e. The van der Waals surface area contributed by atoms with Gasteiger partial charge in [-0.15, -0.1) is 0 Å². The van der Waals surface area contributed by atoms with Crippen molar-refractivity contribution >= 4 is 5.78 Å². The van der Waals surface area contributed by atoms with Crippen molar-refractivity contribution in [1.82, 2.24) is 9.47 Å². The van der Waals surface area contributed by atoms with Gasteiger partial charge in [-0.2, -0.15) is 13.2 Å². The van der Waals surface area contributed by atoms with Gasteiger partial charge in [0.25, 0.3) is 5.56 Å². The first-order valence-corrected chi connectivity index (χ1v) is 6.74. The van der Waals surface area contributed by atoms with E-state index in [-0.39, 0.29) is 31.7 Å². The Morgan fingerprint density at radius 1 is 1.27 bits per heavy atom. The van der Waals surface area contributed by atoms with E-state index in [0.717, 1.165) is 19.1 Å². The molecule has 8 heteroatoms. The number of pyridine rings is 1. The van der Waals surface area contributed by atoms with Gasteiger partial charge in [0.05, 0.1) is 5.56 Å². The first-order chi connectivity index (χ1) is 10.0. The molecule has 1 fully saturated rings. The van der Waals surface area contributed by atoms with Gasteiger partial charge in [-0.25, -0.2) is 4.39 Å². The van der Waals surface area contributed by atoms with Crippen LogP contribution in [0.25, 0.3) is 0 Å². The van der Waals surface area contributed by atoms with Crippen LogP contribution in [0.1, 0.15) is 29.9 Å². The van der Waals surface area contributed by atoms with Crippen LogP contribution in [0.15, 0.2) is 16.9 Å². The number of hydrogen-bond acceptors (Lipinski definition) is 3. The molecule has 0 bridgehead atoms. The molecule has 22 heavy (non-hydrogen) atoms. The maximum absolute atomic E-state index is 13.4. The van der Waals surface area contributed by atoms with E-state index in [0.29, 0.717) is 4.57 Å². The van der Waals surface area contributed by atoms with Crippen LogP contribution in [0, 0.1) is 0 Å². The smallest absolute Gasteiger partial charge is 0.303 e. The van der Waals surface area contributed by atoms with E-state index >= 15 is 0 Å². The van der Waals surface area contributed by atoms with Crippen molar-refractivity contribution in [3.63, 3.8) is 0 Å². The minimum absolute atomic E-state index is 0.115. The molecule has 0 radical (unpaired) electrons. The fourth-order valence-electron chi connectivity index (χ4n) is 2.60. The largest absolute Gasteiger partial charge is 0.431 e. The summed E-state index contributed by atoms with van der Waals surface area (Å²) in [5, 5.41) is 0. The third-order valence-corrected chi connectivity index (χ3v) is 3.59. The zero-order chi connectivity index (χ0) is 16.7. The summed E-state index contributed by atoms with van der Waals surface area (Å²) < 4.78 is 52.9. The number of carbonyl (C=O) groups excluding carboxylic acids is 1. The molecule has 0 amide bonds. The lowest BCUT2D eigenvalue weighted by atomic mass is 9.99. The molecule has 0 N–H and O–H groups in total. The fraction of sp³-hybridized carbons (Fsp3) is 0.571. The van der Waals surface area contributed by atoms with Gasteiger partial charge in [-0.05, 0) is 26.0 Å². The number of alkyl halides is 4. The van der Waals surface area contributed by atoms with Crippen LogP contribution < -0.4 is 5.56 Å². The van der Waals surface area contributed by atoms with Crippen LogP contribution in [-0.2, 0) is 12.7 Å². The van der Waals surface area contributed by atoms with Crippen molar-refractivity contribution in [3.8, 4) is 0 Å². The van der Waals surface area contributed by atoms with Gasteiger partial charge in [0.2, 0.25) is 0 Å². The van der Waals surface area contributed by atoms with E-state index in [1.54, 1.807) is 4.90 Å². The lowest BCUT2D eigenvalue weighted by Gasteiger charge is -2.42. The molecule has 0 unspecified atom stereocenters. The average Bonchev–Trinajstić information content (AvgIpc) is 2.32. The Morgan fingerprint density at radius 3 is 2.32 bits per heavy atom. The van der Waals surface area contributed by atoms with Crippen LogP contribution in [0.3, 0.4) is 0 Å². The second kappa shape index (κ2) is 5.49. The number of likely N-dealkylation sites (tertiary alicyclic amines) is 1. The number of halogens is 4. The molecule has 0 atom stereocenters. The Labute approximate surface area is 124 Å². The Hall–Kier alpha value is -1.70. The fourth-order valence-corrected chi connectivity index (χ4v) is 2.60. The summed E-state index contributed by atoms with van der Waals surface area (Å²) in [5.74, 6) is -0.590. The van der Waals surface area contributed by atoms with E-state index in [1.165, 1.54) is 6.92 Å². The van der Waals surface area contributed by atoms with Crippen LogP contribution in [0.5, 0.6) is 0 Å². The maximum atomic E-state index is 13.4. The number of nitrogens with zero attached hydrogens (tertiary/aromatic N) is 2. The minimum atomic E-state index is -4.70. The SMILES string of the molecule is CC(=O)c1ccc(C(F)(F)F)n(CCN2CC(C)(F)C2)c1=O. The highest BCUT2D eigenvalue weighted by Crippen LogP contribution is 2.29. The topological polar surface area (TPSA) is 42.3 Å². The van der Waals surface area contributed by atoms with Crippen molar-refractivity contribution in [2.75, 3.05) is 19.6 Å². The molecule has 0 aliphatic carbocycles. The number of aromatic nitrogens is 1. The van der Waals surface area contributed by atoms with Crippen molar-refractivity contribution in [3.05, 3.63) is 33.7 Å². The summed E-state index contributed by atoms with van der Waals surface area (Å²) in [6.07, 6.45) is -4.70. The van der Waals surface area contributed by atoms with Crippen LogP contribution in [0.4, 0.5) is 17.6 Å². The molecule has 1 aliphatic rings. The Bertz CT molecular complexity index is 641. The third kappa shape index (κ3) is 3.37. The van der Waals surface area contributed by atoms with E-state index < -0.39 is 28.9 Å². The molecule has 0 aromatic carbocycles. The van der Waals surface area contributed by atoms with Crippen LogP contribution >= 0.6 is 0 Å². The van der Waals surface area contributed by atoms with Crippen molar-refractivity contribution in [1.29, 1.82) is 0 Å². The summed E-state index contributed by atoms with van der Waals surface area (Å²) in [4.78, 5) is 25.0.